The molecular formula is C43H42N4O11. The highest BCUT2D eigenvalue weighted by molar-refractivity contribution is 6.23. The van der Waals surface area contributed by atoms with Crippen LogP contribution >= 0.6 is 0 Å². The zero-order valence-corrected chi connectivity index (χ0v) is 33.1. The summed E-state index contributed by atoms with van der Waals surface area (Å²) in [6.45, 7) is 10.3. The Morgan fingerprint density at radius 3 is 2.10 bits per heavy atom. The second-order valence-corrected chi connectivity index (χ2v) is 14.9. The van der Waals surface area contributed by atoms with E-state index in [9.17, 15) is 48.6 Å². The Morgan fingerprint density at radius 2 is 1.47 bits per heavy atom. The van der Waals surface area contributed by atoms with E-state index in [-0.39, 0.29) is 61.6 Å². The normalized spacial score (nSPS) is 16.4. The predicted octanol–water partition coefficient (Wildman–Crippen LogP) is 2.76. The maximum absolute atomic E-state index is 14.8. The standard InChI is InChI=1S/C43H42N4O11/c1-8-18(4)25-15-23-31(43(57)47(25)17-27(49)46-16-24(44-41(55)20(46)6)42(56)45(9-2)10-3)37(52)29-21(35(23)50)12-13-22-30(29)38(53)33-34(40(22)58-7)36(51)28-19(5)11-14-26(48)32(28)39(33)54/h11-15,18,20,24,48,53H,8-10,16-17H2,1-7H3,(H,44,55). The number of phenolic OH excluding ortho intramolecular Hbond substituents is 2. The Labute approximate surface area is 329 Å². The van der Waals surface area contributed by atoms with E-state index in [0.717, 1.165) is 4.57 Å². The number of rotatable bonds is 8. The minimum atomic E-state index is -1.02. The number of phenols is 2. The fourth-order valence-corrected chi connectivity index (χ4v) is 8.46. The van der Waals surface area contributed by atoms with Gasteiger partial charge in [-0.2, -0.15) is 0 Å². The van der Waals surface area contributed by atoms with Gasteiger partial charge in [0.2, 0.25) is 28.6 Å². The van der Waals surface area contributed by atoms with Crippen molar-refractivity contribution < 1.29 is 29.3 Å². The highest BCUT2D eigenvalue weighted by Gasteiger charge is 2.39. The quantitative estimate of drug-likeness (QED) is 0.151. The minimum Gasteiger partial charge on any atom is -0.507 e. The van der Waals surface area contributed by atoms with E-state index in [1.54, 1.807) is 27.7 Å². The van der Waals surface area contributed by atoms with Gasteiger partial charge in [-0.1, -0.05) is 19.9 Å². The van der Waals surface area contributed by atoms with Gasteiger partial charge in [-0.25, -0.2) is 0 Å². The molecule has 2 heterocycles. The van der Waals surface area contributed by atoms with Crippen LogP contribution in [0, 0.1) is 6.92 Å². The lowest BCUT2D eigenvalue weighted by molar-refractivity contribution is -0.149. The van der Waals surface area contributed by atoms with Crippen LogP contribution in [-0.2, 0) is 20.9 Å². The largest absolute Gasteiger partial charge is 0.507 e. The monoisotopic (exact) mass is 790 g/mol. The molecule has 5 aromatic carbocycles. The minimum absolute atomic E-state index is 0.00223. The Balaban J connectivity index is 1.52. The van der Waals surface area contributed by atoms with E-state index in [4.69, 9.17) is 4.74 Å². The van der Waals surface area contributed by atoms with Gasteiger partial charge in [0.15, 0.2) is 10.9 Å². The van der Waals surface area contributed by atoms with Crippen LogP contribution in [0.15, 0.2) is 54.3 Å². The molecule has 15 heteroatoms. The Morgan fingerprint density at radius 1 is 0.828 bits per heavy atom. The second-order valence-electron chi connectivity index (χ2n) is 14.9. The van der Waals surface area contributed by atoms with Crippen molar-refractivity contribution in [3.63, 3.8) is 0 Å². The third-order valence-electron chi connectivity index (χ3n) is 11.8. The van der Waals surface area contributed by atoms with Gasteiger partial charge in [0.05, 0.1) is 35.2 Å². The molecule has 0 spiro atoms. The molecule has 3 N–H and O–H groups in total. The second kappa shape index (κ2) is 14.4. The number of amides is 3. The number of hydrogen-bond acceptors (Lipinski definition) is 11. The Kier molecular flexibility index (Phi) is 9.82. The lowest BCUT2D eigenvalue weighted by Gasteiger charge is -2.39. The summed E-state index contributed by atoms with van der Waals surface area (Å²) in [6, 6.07) is 4.81. The van der Waals surface area contributed by atoms with Crippen LogP contribution in [0.2, 0.25) is 0 Å². The molecule has 1 aliphatic rings. The molecule has 0 saturated carbocycles. The molecule has 1 fully saturated rings. The third kappa shape index (κ3) is 5.62. The van der Waals surface area contributed by atoms with E-state index in [1.165, 1.54) is 54.2 Å². The number of likely N-dealkylation sites (N-methyl/N-ethyl adjacent to an activating group) is 1. The molecule has 3 atom stereocenters. The first-order chi connectivity index (χ1) is 27.5. The van der Waals surface area contributed by atoms with E-state index in [2.05, 4.69) is 5.32 Å². The number of carbonyl (C=O) groups is 3. The zero-order valence-electron chi connectivity index (χ0n) is 33.1. The first-order valence-corrected chi connectivity index (χ1v) is 19.1. The fraction of sp³-hybridized carbons (Fsp3) is 0.349. The summed E-state index contributed by atoms with van der Waals surface area (Å²) in [7, 11) is 1.23. The maximum atomic E-state index is 14.8. The summed E-state index contributed by atoms with van der Waals surface area (Å²) in [5.41, 5.74) is -3.66. The van der Waals surface area contributed by atoms with Gasteiger partial charge in [0, 0.05) is 51.1 Å². The van der Waals surface area contributed by atoms with E-state index in [1.807, 2.05) is 6.92 Å². The maximum Gasteiger partial charge on any atom is 0.263 e. The Hall–Kier alpha value is -6.64. The van der Waals surface area contributed by atoms with Crippen LogP contribution in [0.4, 0.5) is 0 Å². The van der Waals surface area contributed by atoms with Gasteiger partial charge < -0.3 is 34.6 Å². The van der Waals surface area contributed by atoms with Crippen LogP contribution in [0.3, 0.4) is 0 Å². The van der Waals surface area contributed by atoms with Crippen molar-refractivity contribution in [2.24, 2.45) is 0 Å². The molecule has 1 aliphatic heterocycles. The van der Waals surface area contributed by atoms with Crippen LogP contribution in [0.25, 0.3) is 53.9 Å². The lowest BCUT2D eigenvalue weighted by Crippen LogP contribution is -2.65. The molecule has 0 radical (unpaired) electrons. The smallest absolute Gasteiger partial charge is 0.263 e. The molecule has 7 rings (SSSR count). The number of carbonyl (C=O) groups excluding carboxylic acids is 3. The van der Waals surface area contributed by atoms with Crippen molar-refractivity contribution in [2.75, 3.05) is 26.7 Å². The number of aromatic nitrogens is 1. The molecule has 0 bridgehead atoms. The van der Waals surface area contributed by atoms with Crippen molar-refractivity contribution in [3.05, 3.63) is 92.8 Å². The molecule has 1 aromatic heterocycles. The number of methoxy groups -OCH3 is 1. The van der Waals surface area contributed by atoms with Crippen LogP contribution in [0.5, 0.6) is 17.2 Å². The van der Waals surface area contributed by atoms with Crippen LogP contribution in [0.1, 0.15) is 58.2 Å². The highest BCUT2D eigenvalue weighted by Crippen LogP contribution is 2.43. The van der Waals surface area contributed by atoms with Crippen molar-refractivity contribution >= 4 is 71.6 Å². The lowest BCUT2D eigenvalue weighted by atomic mass is 9.90. The van der Waals surface area contributed by atoms with Gasteiger partial charge in [0.1, 0.15) is 35.9 Å². The number of ether oxygens (including phenoxy) is 1. The SMILES string of the molecule is CCC(C)c1cc2c(=O)c3ccc4c(OC)c5c(=O)c6c(C)ccc(O)c6c(=O)c5c(O)c4c3c(=O)c2c(=O)n1CC(=O)N1CC(C(=O)N(CC)CC)NC(=O)C1C. The van der Waals surface area contributed by atoms with E-state index >= 15 is 0 Å². The van der Waals surface area contributed by atoms with Gasteiger partial charge in [-0.15, -0.1) is 0 Å². The number of benzene rings is 5. The molecule has 15 nitrogen and oxygen atoms in total. The number of aryl methyl sites for hydroxylation is 1. The average molecular weight is 791 g/mol. The molecule has 58 heavy (non-hydrogen) atoms. The van der Waals surface area contributed by atoms with Gasteiger partial charge >= 0.3 is 0 Å². The zero-order chi connectivity index (χ0) is 42.2. The number of hydrogen-bond donors (Lipinski definition) is 3. The van der Waals surface area contributed by atoms with Gasteiger partial charge in [-0.3, -0.25) is 38.4 Å². The van der Waals surface area contributed by atoms with Crippen molar-refractivity contribution in [2.45, 2.75) is 72.5 Å². The average Bonchev–Trinajstić information content (AvgIpc) is 3.20. The van der Waals surface area contributed by atoms with Crippen molar-refractivity contribution in [1.29, 1.82) is 0 Å². The first kappa shape index (κ1) is 39.6. The van der Waals surface area contributed by atoms with E-state index < -0.39 is 91.3 Å². The molecule has 0 aliphatic carbocycles. The van der Waals surface area contributed by atoms with E-state index in [0.29, 0.717) is 25.1 Å². The molecular weight excluding hydrogens is 748 g/mol. The number of fused-ring (bicyclic) bond motifs is 6. The van der Waals surface area contributed by atoms with Gasteiger partial charge in [0.25, 0.3) is 5.56 Å². The predicted molar refractivity (Wildman–Crippen MR) is 220 cm³/mol. The van der Waals surface area contributed by atoms with Crippen molar-refractivity contribution in [3.8, 4) is 17.2 Å². The third-order valence-corrected chi connectivity index (χ3v) is 11.8. The Bertz CT molecular complexity index is 3090. The first-order valence-electron chi connectivity index (χ1n) is 19.1. The summed E-state index contributed by atoms with van der Waals surface area (Å²) in [5.74, 6) is -3.49. The summed E-state index contributed by atoms with van der Waals surface area (Å²) < 4.78 is 6.77. The summed E-state index contributed by atoms with van der Waals surface area (Å²) in [5, 5.41) is 22.3. The van der Waals surface area contributed by atoms with Crippen LogP contribution < -0.4 is 37.3 Å². The molecule has 1 saturated heterocycles. The fourth-order valence-electron chi connectivity index (χ4n) is 8.46. The molecule has 6 aromatic rings. The van der Waals surface area contributed by atoms with Crippen molar-refractivity contribution in [1.82, 2.24) is 19.7 Å². The summed E-state index contributed by atoms with van der Waals surface area (Å²) in [4.78, 5) is 115. The highest BCUT2D eigenvalue weighted by atomic mass is 16.5. The molecule has 300 valence electrons. The summed E-state index contributed by atoms with van der Waals surface area (Å²) >= 11 is 0. The summed E-state index contributed by atoms with van der Waals surface area (Å²) in [6.07, 6.45) is 0.475. The topological polar surface area (TPSA) is 210 Å². The van der Waals surface area contributed by atoms with Gasteiger partial charge in [-0.05, 0) is 69.9 Å². The number of pyridine rings is 1. The molecule has 3 unspecified atom stereocenters. The number of piperazine rings is 1. The molecule has 3 amide bonds. The number of aromatic hydroxyl groups is 2. The number of nitrogens with one attached hydrogen (secondary N) is 1. The number of nitrogens with zero attached hydrogens (tertiary/aromatic N) is 3. The van der Waals surface area contributed by atoms with Crippen LogP contribution in [-0.4, -0.2) is 81.1 Å².